The number of nitrogens with one attached hydrogen (secondary N) is 1. The van der Waals surface area contributed by atoms with Gasteiger partial charge >= 0.3 is 0 Å². The standard InChI is InChI=1S/C16H30N2/c1-16(2)9-3-6-15(16)18(14-7-8-14)12-13-5-4-10-17-11-13/h13-15,17H,3-12H2,1-2H3. The van der Waals surface area contributed by atoms with Crippen molar-refractivity contribution in [2.45, 2.75) is 70.9 Å². The summed E-state index contributed by atoms with van der Waals surface area (Å²) >= 11 is 0. The van der Waals surface area contributed by atoms with Gasteiger partial charge in [-0.25, -0.2) is 0 Å². The Bertz CT molecular complexity index is 277. The molecule has 2 unspecified atom stereocenters. The van der Waals surface area contributed by atoms with Gasteiger partial charge < -0.3 is 5.32 Å². The Labute approximate surface area is 113 Å². The molecule has 104 valence electrons. The molecular formula is C16H30N2. The van der Waals surface area contributed by atoms with Crippen LogP contribution in [-0.2, 0) is 0 Å². The van der Waals surface area contributed by atoms with E-state index in [2.05, 4.69) is 24.1 Å². The fourth-order valence-corrected chi connectivity index (χ4v) is 4.24. The first-order valence-corrected chi connectivity index (χ1v) is 8.13. The van der Waals surface area contributed by atoms with Gasteiger partial charge in [-0.1, -0.05) is 20.3 Å². The summed E-state index contributed by atoms with van der Waals surface area (Å²) in [5.41, 5.74) is 0.560. The van der Waals surface area contributed by atoms with Crippen molar-refractivity contribution in [3.8, 4) is 0 Å². The van der Waals surface area contributed by atoms with E-state index in [0.29, 0.717) is 5.41 Å². The fraction of sp³-hybridized carbons (Fsp3) is 1.00. The van der Waals surface area contributed by atoms with Crippen LogP contribution in [0.2, 0.25) is 0 Å². The molecule has 1 N–H and O–H groups in total. The highest BCUT2D eigenvalue weighted by Gasteiger charge is 2.44. The van der Waals surface area contributed by atoms with Gasteiger partial charge in [0.1, 0.15) is 0 Å². The Hall–Kier alpha value is -0.0800. The average molecular weight is 250 g/mol. The quantitative estimate of drug-likeness (QED) is 0.825. The molecule has 0 radical (unpaired) electrons. The Morgan fingerprint density at radius 2 is 1.94 bits per heavy atom. The first-order chi connectivity index (χ1) is 8.67. The van der Waals surface area contributed by atoms with Crippen LogP contribution in [0.5, 0.6) is 0 Å². The van der Waals surface area contributed by atoms with Gasteiger partial charge in [0.05, 0.1) is 0 Å². The molecule has 0 bridgehead atoms. The first kappa shape index (κ1) is 12.9. The van der Waals surface area contributed by atoms with Gasteiger partial charge in [0.15, 0.2) is 0 Å². The van der Waals surface area contributed by atoms with Crippen LogP contribution in [0.3, 0.4) is 0 Å². The lowest BCUT2D eigenvalue weighted by molar-refractivity contribution is 0.0818. The molecule has 0 aromatic rings. The van der Waals surface area contributed by atoms with Crippen LogP contribution >= 0.6 is 0 Å². The minimum Gasteiger partial charge on any atom is -0.316 e. The molecule has 0 spiro atoms. The summed E-state index contributed by atoms with van der Waals surface area (Å²) in [5, 5.41) is 3.58. The number of nitrogens with zero attached hydrogens (tertiary/aromatic N) is 1. The van der Waals surface area contributed by atoms with E-state index in [9.17, 15) is 0 Å². The van der Waals surface area contributed by atoms with Crippen LogP contribution in [0.1, 0.15) is 58.8 Å². The van der Waals surface area contributed by atoms with Crippen molar-refractivity contribution in [1.29, 1.82) is 0 Å². The van der Waals surface area contributed by atoms with Crippen molar-refractivity contribution in [2.75, 3.05) is 19.6 Å². The Balaban J connectivity index is 1.64. The summed E-state index contributed by atoms with van der Waals surface area (Å²) in [4.78, 5) is 2.92. The zero-order valence-electron chi connectivity index (χ0n) is 12.3. The normalized spacial score (nSPS) is 36.2. The van der Waals surface area contributed by atoms with Gasteiger partial charge in [0, 0.05) is 18.6 Å². The third kappa shape index (κ3) is 2.75. The lowest BCUT2D eigenvalue weighted by atomic mass is 9.85. The highest BCUT2D eigenvalue weighted by Crippen LogP contribution is 2.44. The van der Waals surface area contributed by atoms with Crippen molar-refractivity contribution in [2.24, 2.45) is 11.3 Å². The molecule has 2 saturated carbocycles. The molecule has 3 aliphatic rings. The Kier molecular flexibility index (Phi) is 3.68. The van der Waals surface area contributed by atoms with Crippen LogP contribution in [0, 0.1) is 11.3 Å². The molecule has 18 heavy (non-hydrogen) atoms. The lowest BCUT2D eigenvalue weighted by Gasteiger charge is -2.40. The third-order valence-electron chi connectivity index (χ3n) is 5.48. The second-order valence-electron chi connectivity index (χ2n) is 7.54. The van der Waals surface area contributed by atoms with Gasteiger partial charge in [-0.3, -0.25) is 4.90 Å². The highest BCUT2D eigenvalue weighted by molar-refractivity contribution is 4.98. The van der Waals surface area contributed by atoms with Crippen LogP contribution < -0.4 is 5.32 Å². The van der Waals surface area contributed by atoms with E-state index >= 15 is 0 Å². The molecule has 2 nitrogen and oxygen atoms in total. The molecule has 1 aliphatic heterocycles. The lowest BCUT2D eigenvalue weighted by Crippen LogP contribution is -2.47. The summed E-state index contributed by atoms with van der Waals surface area (Å²) in [5.74, 6) is 0.913. The van der Waals surface area contributed by atoms with Crippen molar-refractivity contribution in [1.82, 2.24) is 10.2 Å². The summed E-state index contributed by atoms with van der Waals surface area (Å²) in [6.45, 7) is 8.87. The van der Waals surface area contributed by atoms with Crippen molar-refractivity contribution >= 4 is 0 Å². The summed E-state index contributed by atoms with van der Waals surface area (Å²) in [6, 6.07) is 1.81. The predicted molar refractivity (Wildman–Crippen MR) is 76.7 cm³/mol. The highest BCUT2D eigenvalue weighted by atomic mass is 15.2. The molecule has 3 rings (SSSR count). The maximum atomic E-state index is 3.58. The summed E-state index contributed by atoms with van der Waals surface area (Å²) in [6.07, 6.45) is 10.1. The van der Waals surface area contributed by atoms with Gasteiger partial charge in [-0.05, 0) is 62.9 Å². The number of piperidine rings is 1. The van der Waals surface area contributed by atoms with Gasteiger partial charge in [-0.2, -0.15) is 0 Å². The Morgan fingerprint density at radius 3 is 2.50 bits per heavy atom. The first-order valence-electron chi connectivity index (χ1n) is 8.13. The molecule has 0 aromatic carbocycles. The van der Waals surface area contributed by atoms with Crippen LogP contribution in [0.4, 0.5) is 0 Å². The van der Waals surface area contributed by atoms with Gasteiger partial charge in [0.25, 0.3) is 0 Å². The van der Waals surface area contributed by atoms with Gasteiger partial charge in [0.2, 0.25) is 0 Å². The minimum atomic E-state index is 0.560. The average Bonchev–Trinajstić information content (AvgIpc) is 3.12. The largest absolute Gasteiger partial charge is 0.316 e. The van der Waals surface area contributed by atoms with E-state index in [1.165, 1.54) is 64.6 Å². The van der Waals surface area contributed by atoms with Crippen LogP contribution in [0.15, 0.2) is 0 Å². The van der Waals surface area contributed by atoms with Crippen LogP contribution in [0.25, 0.3) is 0 Å². The van der Waals surface area contributed by atoms with E-state index in [0.717, 1.165) is 18.0 Å². The maximum absolute atomic E-state index is 3.58. The SMILES string of the molecule is CC1(C)CCCC1N(CC1CCCNC1)C1CC1. The van der Waals surface area contributed by atoms with E-state index < -0.39 is 0 Å². The summed E-state index contributed by atoms with van der Waals surface area (Å²) in [7, 11) is 0. The molecule has 2 aliphatic carbocycles. The van der Waals surface area contributed by atoms with E-state index in [-0.39, 0.29) is 0 Å². The van der Waals surface area contributed by atoms with Gasteiger partial charge in [-0.15, -0.1) is 0 Å². The van der Waals surface area contributed by atoms with E-state index in [1.54, 1.807) is 0 Å². The second kappa shape index (κ2) is 5.13. The molecule has 2 atom stereocenters. The number of hydrogen-bond acceptors (Lipinski definition) is 2. The van der Waals surface area contributed by atoms with Crippen molar-refractivity contribution in [3.05, 3.63) is 0 Å². The third-order valence-corrected chi connectivity index (χ3v) is 5.48. The summed E-state index contributed by atoms with van der Waals surface area (Å²) < 4.78 is 0. The van der Waals surface area contributed by atoms with Crippen molar-refractivity contribution < 1.29 is 0 Å². The van der Waals surface area contributed by atoms with E-state index in [4.69, 9.17) is 0 Å². The molecule has 0 amide bonds. The smallest absolute Gasteiger partial charge is 0.0149 e. The topological polar surface area (TPSA) is 15.3 Å². The predicted octanol–water partition coefficient (Wildman–Crippen LogP) is 3.03. The van der Waals surface area contributed by atoms with E-state index in [1.807, 2.05) is 0 Å². The zero-order valence-corrected chi connectivity index (χ0v) is 12.3. The maximum Gasteiger partial charge on any atom is 0.0149 e. The monoisotopic (exact) mass is 250 g/mol. The molecular weight excluding hydrogens is 220 g/mol. The second-order valence-corrected chi connectivity index (χ2v) is 7.54. The minimum absolute atomic E-state index is 0.560. The van der Waals surface area contributed by atoms with Crippen LogP contribution in [-0.4, -0.2) is 36.6 Å². The molecule has 1 heterocycles. The molecule has 2 heteroatoms. The fourth-order valence-electron chi connectivity index (χ4n) is 4.24. The molecule has 0 aromatic heterocycles. The number of rotatable bonds is 4. The molecule has 1 saturated heterocycles. The Morgan fingerprint density at radius 1 is 1.11 bits per heavy atom. The number of hydrogen-bond donors (Lipinski definition) is 1. The zero-order chi connectivity index (χ0) is 12.6. The molecule has 3 fully saturated rings. The van der Waals surface area contributed by atoms with Crippen molar-refractivity contribution in [3.63, 3.8) is 0 Å².